The number of halogens is 1. The molecular formula is C56H68FN9O5S. The number of hydrogen-bond acceptors (Lipinski definition) is 10. The predicted octanol–water partition coefficient (Wildman–Crippen LogP) is 11.4. The molecule has 1 aliphatic carbocycles. The highest BCUT2D eigenvalue weighted by Crippen LogP contribution is 2.53. The number of pyridine rings is 1. The highest BCUT2D eigenvalue weighted by atomic mass is 32.2. The molecule has 14 nitrogen and oxygen atoms in total. The van der Waals surface area contributed by atoms with E-state index < -0.39 is 16.4 Å². The molecule has 0 spiro atoms. The molecule has 10 rings (SSSR count). The number of aromatic amines is 1. The number of hydrogen-bond donors (Lipinski definition) is 1. The van der Waals surface area contributed by atoms with E-state index in [2.05, 4.69) is 33.1 Å². The fraction of sp³-hybridized carbons (Fsp3) is 0.500. The van der Waals surface area contributed by atoms with Crippen LogP contribution in [0, 0.1) is 12.7 Å². The SMILES string of the molecule is CCCCCCCCCCCCS(=O)c1nc(N2C[C@@H]3C[C@H]2CN3C(=O)OC(C)(C)C)c2cc(C3CC3)c(-c3c(C)c(F)cc4[nH]ncc34)c(OCc3ccc(Cn4c(=O)n(C)c5ncccc54)cc3)c2n1. The lowest BCUT2D eigenvalue weighted by molar-refractivity contribution is 0.0214. The molecule has 0 radical (unpaired) electrons. The first kappa shape index (κ1) is 49.4. The van der Waals surface area contributed by atoms with Crippen LogP contribution in [0.4, 0.5) is 15.0 Å². The lowest BCUT2D eigenvalue weighted by Crippen LogP contribution is -2.50. The molecule has 16 heteroatoms. The molecule has 1 N–H and O–H groups in total. The van der Waals surface area contributed by atoms with Gasteiger partial charge < -0.3 is 19.3 Å². The van der Waals surface area contributed by atoms with Crippen LogP contribution in [0.1, 0.15) is 139 Å². The molecule has 1 saturated carbocycles. The van der Waals surface area contributed by atoms with Crippen molar-refractivity contribution in [3.63, 3.8) is 0 Å². The maximum absolute atomic E-state index is 16.2. The third-order valence-electron chi connectivity index (χ3n) is 14.8. The Labute approximate surface area is 423 Å². The number of carbonyl (C=O) groups is 1. The van der Waals surface area contributed by atoms with Crippen molar-refractivity contribution in [1.29, 1.82) is 0 Å². The molecule has 380 valence electrons. The standard InChI is InChI=1S/C56H68FN9O5S/c1-7-8-9-10-11-12-13-14-15-16-26-72(69)53-60-49-42(51(61-53)64-32-40-27-39(64)33-65(40)55(68)71-56(3,4)5)28-41(38-23-24-38)48(47-35(2)44(57)29-45-43(47)30-59-62-45)50(49)70-34-37-21-19-36(20-22-37)31-66-46-18-17-25-58-52(46)63(6)54(66)67/h17-22,25,28-30,38-40H,7-16,23-24,26-27,31-34H2,1-6H3,(H,59,62)/t39-,40-,72?/m0/s1. The normalized spacial score (nSPS) is 17.3. The summed E-state index contributed by atoms with van der Waals surface area (Å²) in [6.45, 7) is 11.2. The molecule has 3 aliphatic rings. The summed E-state index contributed by atoms with van der Waals surface area (Å²) in [5.74, 6) is 1.39. The van der Waals surface area contributed by atoms with Gasteiger partial charge in [-0.1, -0.05) is 89.0 Å². The van der Waals surface area contributed by atoms with Crippen LogP contribution in [0.25, 0.3) is 44.1 Å². The van der Waals surface area contributed by atoms with Crippen LogP contribution in [0.3, 0.4) is 0 Å². The zero-order chi connectivity index (χ0) is 50.3. The topological polar surface area (TPSA) is 153 Å². The van der Waals surface area contributed by atoms with Gasteiger partial charge in [-0.2, -0.15) is 5.10 Å². The zero-order valence-electron chi connectivity index (χ0n) is 42.6. The predicted molar refractivity (Wildman–Crippen MR) is 282 cm³/mol. The van der Waals surface area contributed by atoms with E-state index in [1.807, 2.05) is 62.1 Å². The fourth-order valence-electron chi connectivity index (χ4n) is 10.9. The average Bonchev–Trinajstić information content (AvgIpc) is 3.63. The summed E-state index contributed by atoms with van der Waals surface area (Å²) in [7, 11) is 0.195. The van der Waals surface area contributed by atoms with Crippen LogP contribution in [-0.2, 0) is 35.7 Å². The minimum absolute atomic E-state index is 0.0483. The van der Waals surface area contributed by atoms with Gasteiger partial charge in [0.15, 0.2) is 11.4 Å². The molecule has 1 unspecified atom stereocenters. The fourth-order valence-corrected chi connectivity index (χ4v) is 11.9. The van der Waals surface area contributed by atoms with E-state index in [-0.39, 0.29) is 47.4 Å². The van der Waals surface area contributed by atoms with Crippen LogP contribution in [0.5, 0.6) is 5.75 Å². The molecule has 72 heavy (non-hydrogen) atoms. The smallest absolute Gasteiger partial charge is 0.410 e. The Bertz CT molecular complexity index is 3210. The van der Waals surface area contributed by atoms with Crippen molar-refractivity contribution in [2.45, 2.75) is 160 Å². The monoisotopic (exact) mass is 998 g/mol. The number of likely N-dealkylation sites (tertiary alicyclic amines) is 1. The molecule has 2 aliphatic heterocycles. The van der Waals surface area contributed by atoms with E-state index in [0.29, 0.717) is 64.8 Å². The first-order chi connectivity index (χ1) is 34.8. The molecule has 3 aromatic carbocycles. The molecule has 4 aromatic heterocycles. The molecule has 2 saturated heterocycles. The van der Waals surface area contributed by atoms with Gasteiger partial charge in [0, 0.05) is 54.0 Å². The van der Waals surface area contributed by atoms with E-state index in [1.165, 1.54) is 51.0 Å². The molecule has 3 atom stereocenters. The van der Waals surface area contributed by atoms with Crippen molar-refractivity contribution in [3.8, 4) is 16.9 Å². The van der Waals surface area contributed by atoms with Crippen LogP contribution in [-0.4, -0.2) is 86.0 Å². The first-order valence-corrected chi connectivity index (χ1v) is 27.5. The number of nitrogens with one attached hydrogen (secondary N) is 1. The summed E-state index contributed by atoms with van der Waals surface area (Å²) in [5, 5.41) is 9.15. The van der Waals surface area contributed by atoms with E-state index in [9.17, 15) is 13.8 Å². The minimum atomic E-state index is -1.54. The molecule has 7 aromatic rings. The summed E-state index contributed by atoms with van der Waals surface area (Å²) in [5.41, 5.74) is 6.45. The highest BCUT2D eigenvalue weighted by molar-refractivity contribution is 7.84. The summed E-state index contributed by atoms with van der Waals surface area (Å²) >= 11 is 0. The lowest BCUT2D eigenvalue weighted by atomic mass is 9.88. The largest absolute Gasteiger partial charge is 0.486 e. The molecular weight excluding hydrogens is 930 g/mol. The number of nitrogens with zero attached hydrogens (tertiary/aromatic N) is 8. The Morgan fingerprint density at radius 1 is 0.903 bits per heavy atom. The average molecular weight is 998 g/mol. The number of imidazole rings is 1. The van der Waals surface area contributed by atoms with Gasteiger partial charge in [0.25, 0.3) is 0 Å². The van der Waals surface area contributed by atoms with Gasteiger partial charge >= 0.3 is 11.8 Å². The molecule has 3 fully saturated rings. The summed E-state index contributed by atoms with van der Waals surface area (Å²) < 4.78 is 47.1. The Morgan fingerprint density at radius 3 is 2.32 bits per heavy atom. The second-order valence-electron chi connectivity index (χ2n) is 21.3. The number of carbonyl (C=O) groups excluding carboxylic acids is 1. The number of piperazine rings is 1. The van der Waals surface area contributed by atoms with Gasteiger partial charge in [0.2, 0.25) is 5.16 Å². The van der Waals surface area contributed by atoms with Crippen molar-refractivity contribution in [2.24, 2.45) is 7.05 Å². The number of ether oxygens (including phenoxy) is 2. The first-order valence-electron chi connectivity index (χ1n) is 26.1. The van der Waals surface area contributed by atoms with Gasteiger partial charge in [-0.3, -0.25) is 18.4 Å². The van der Waals surface area contributed by atoms with E-state index >= 15 is 4.39 Å². The van der Waals surface area contributed by atoms with Gasteiger partial charge in [0.05, 0.1) is 46.7 Å². The van der Waals surface area contributed by atoms with E-state index in [0.717, 1.165) is 77.1 Å². The van der Waals surface area contributed by atoms with Gasteiger partial charge in [-0.05, 0) is 106 Å². The number of anilines is 1. The van der Waals surface area contributed by atoms with E-state index in [1.54, 1.807) is 35.5 Å². The van der Waals surface area contributed by atoms with Crippen molar-refractivity contribution < 1.29 is 22.9 Å². The lowest BCUT2D eigenvalue weighted by Gasteiger charge is -2.36. The number of benzene rings is 3. The number of H-pyrrole nitrogens is 1. The number of fused-ring (bicyclic) bond motifs is 5. The summed E-state index contributed by atoms with van der Waals surface area (Å²) in [6.07, 6.45) is 17.4. The quantitative estimate of drug-likeness (QED) is 0.0577. The Morgan fingerprint density at radius 2 is 1.62 bits per heavy atom. The van der Waals surface area contributed by atoms with Crippen molar-refractivity contribution in [2.75, 3.05) is 23.7 Å². The van der Waals surface area contributed by atoms with Gasteiger partial charge in [-0.15, -0.1) is 0 Å². The van der Waals surface area contributed by atoms with Crippen LogP contribution in [0.2, 0.25) is 0 Å². The number of amides is 1. The highest BCUT2D eigenvalue weighted by Gasteiger charge is 2.48. The van der Waals surface area contributed by atoms with E-state index in [4.69, 9.17) is 19.4 Å². The van der Waals surface area contributed by atoms with Crippen molar-refractivity contribution in [3.05, 3.63) is 99.5 Å². The number of aryl methyl sites for hydroxylation is 1. The third-order valence-corrected chi connectivity index (χ3v) is 16.1. The maximum Gasteiger partial charge on any atom is 0.410 e. The van der Waals surface area contributed by atoms with Crippen LogP contribution < -0.4 is 15.3 Å². The molecule has 1 amide bonds. The second-order valence-corrected chi connectivity index (χ2v) is 22.8. The van der Waals surface area contributed by atoms with Crippen LogP contribution >= 0.6 is 0 Å². The minimum Gasteiger partial charge on any atom is -0.486 e. The van der Waals surface area contributed by atoms with Gasteiger partial charge in [0.1, 0.15) is 29.4 Å². The third kappa shape index (κ3) is 10.1. The molecule has 6 heterocycles. The van der Waals surface area contributed by atoms with Crippen LogP contribution in [0.15, 0.2) is 70.9 Å². The maximum atomic E-state index is 16.2. The van der Waals surface area contributed by atoms with Crippen molar-refractivity contribution >= 4 is 55.7 Å². The summed E-state index contributed by atoms with van der Waals surface area (Å²) in [4.78, 5) is 45.8. The number of rotatable bonds is 20. The Kier molecular flexibility index (Phi) is 14.2. The summed E-state index contributed by atoms with van der Waals surface area (Å²) in [6, 6.07) is 15.3. The second kappa shape index (κ2) is 20.8. The van der Waals surface area contributed by atoms with Gasteiger partial charge in [-0.25, -0.2) is 28.9 Å². The zero-order valence-corrected chi connectivity index (χ0v) is 43.5. The Balaban J connectivity index is 1.04. The number of unbranched alkanes of at least 4 members (excludes halogenated alkanes) is 9. The Hall–Kier alpha value is -6.16. The number of aromatic nitrogens is 7. The molecule has 2 bridgehead atoms. The van der Waals surface area contributed by atoms with Crippen molar-refractivity contribution in [1.82, 2.24) is 39.2 Å².